The summed E-state index contributed by atoms with van der Waals surface area (Å²) in [6.45, 7) is 9.87. The molecule has 0 amide bonds. The highest BCUT2D eigenvalue weighted by Gasteiger charge is 2.45. The molecular weight excluding hydrogens is 262 g/mol. The average Bonchev–Trinajstić information content (AvgIpc) is 2.47. The molecule has 1 saturated heterocycles. The number of hydrogen-bond acceptors (Lipinski definition) is 3. The van der Waals surface area contributed by atoms with Crippen LogP contribution >= 0.6 is 0 Å². The van der Waals surface area contributed by atoms with Crippen molar-refractivity contribution in [2.75, 3.05) is 26.9 Å². The Morgan fingerprint density at radius 1 is 1.14 bits per heavy atom. The van der Waals surface area contributed by atoms with Crippen molar-refractivity contribution >= 4 is 0 Å². The van der Waals surface area contributed by atoms with Crippen molar-refractivity contribution in [2.24, 2.45) is 17.8 Å². The molecule has 0 aromatic rings. The van der Waals surface area contributed by atoms with E-state index in [1.54, 1.807) is 0 Å². The standard InChI is InChI=1S/C18H35NO2/c1-5-8-19-17(16-12-14(2)11-15(3)13-16)18(20-4)6-9-21-10-7-18/h14-17,19H,5-13H2,1-4H3. The molecular formula is C18H35NO2. The Morgan fingerprint density at radius 3 is 2.29 bits per heavy atom. The second-order valence-electron chi connectivity index (χ2n) is 7.49. The Bertz CT molecular complexity index is 292. The predicted octanol–water partition coefficient (Wildman–Crippen LogP) is 3.62. The minimum Gasteiger partial charge on any atom is -0.381 e. The minimum absolute atomic E-state index is 0.0190. The van der Waals surface area contributed by atoms with Crippen LogP contribution in [0.4, 0.5) is 0 Å². The average molecular weight is 297 g/mol. The van der Waals surface area contributed by atoms with Gasteiger partial charge in [-0.1, -0.05) is 20.8 Å². The third-order valence-electron chi connectivity index (χ3n) is 5.61. The van der Waals surface area contributed by atoms with Gasteiger partial charge in [0.1, 0.15) is 0 Å². The van der Waals surface area contributed by atoms with E-state index in [1.807, 2.05) is 7.11 Å². The van der Waals surface area contributed by atoms with Crippen LogP contribution in [0, 0.1) is 17.8 Å². The first kappa shape index (κ1) is 17.2. The maximum absolute atomic E-state index is 6.12. The van der Waals surface area contributed by atoms with Gasteiger partial charge in [-0.05, 0) is 50.0 Å². The molecule has 1 saturated carbocycles. The maximum atomic E-state index is 6.12. The normalized spacial score (nSPS) is 34.6. The summed E-state index contributed by atoms with van der Waals surface area (Å²) >= 11 is 0. The van der Waals surface area contributed by atoms with Crippen molar-refractivity contribution in [1.82, 2.24) is 5.32 Å². The highest BCUT2D eigenvalue weighted by atomic mass is 16.5. The molecule has 124 valence electrons. The summed E-state index contributed by atoms with van der Waals surface area (Å²) in [4.78, 5) is 0. The van der Waals surface area contributed by atoms with Crippen LogP contribution in [-0.4, -0.2) is 38.5 Å². The molecule has 3 unspecified atom stereocenters. The molecule has 3 atom stereocenters. The van der Waals surface area contributed by atoms with Gasteiger partial charge in [0.15, 0.2) is 0 Å². The van der Waals surface area contributed by atoms with E-state index in [-0.39, 0.29) is 5.60 Å². The fraction of sp³-hybridized carbons (Fsp3) is 1.00. The summed E-state index contributed by atoms with van der Waals surface area (Å²) in [5.74, 6) is 2.44. The number of nitrogens with one attached hydrogen (secondary N) is 1. The van der Waals surface area contributed by atoms with Crippen molar-refractivity contribution in [3.8, 4) is 0 Å². The highest BCUT2D eigenvalue weighted by molar-refractivity contribution is 5.00. The third-order valence-corrected chi connectivity index (χ3v) is 5.61. The van der Waals surface area contributed by atoms with Gasteiger partial charge >= 0.3 is 0 Å². The number of rotatable bonds is 6. The molecule has 0 aromatic heterocycles. The van der Waals surface area contributed by atoms with E-state index >= 15 is 0 Å². The molecule has 1 heterocycles. The van der Waals surface area contributed by atoms with Gasteiger partial charge < -0.3 is 14.8 Å². The fourth-order valence-electron chi connectivity index (χ4n) is 4.72. The first-order valence-electron chi connectivity index (χ1n) is 8.97. The van der Waals surface area contributed by atoms with Crippen LogP contribution in [0.3, 0.4) is 0 Å². The summed E-state index contributed by atoms with van der Waals surface area (Å²) in [7, 11) is 1.90. The van der Waals surface area contributed by atoms with E-state index in [0.29, 0.717) is 6.04 Å². The first-order chi connectivity index (χ1) is 10.1. The highest BCUT2D eigenvalue weighted by Crippen LogP contribution is 2.41. The van der Waals surface area contributed by atoms with Crippen LogP contribution in [0.15, 0.2) is 0 Å². The van der Waals surface area contributed by atoms with Crippen LogP contribution in [0.25, 0.3) is 0 Å². The Balaban J connectivity index is 2.15. The predicted molar refractivity (Wildman–Crippen MR) is 87.5 cm³/mol. The molecule has 1 N–H and O–H groups in total. The van der Waals surface area contributed by atoms with Gasteiger partial charge in [-0.25, -0.2) is 0 Å². The summed E-state index contributed by atoms with van der Waals surface area (Å²) in [6.07, 6.45) is 7.33. The van der Waals surface area contributed by atoms with Crippen LogP contribution in [0.5, 0.6) is 0 Å². The van der Waals surface area contributed by atoms with Gasteiger partial charge in [0.25, 0.3) is 0 Å². The monoisotopic (exact) mass is 297 g/mol. The minimum atomic E-state index is -0.0190. The molecule has 3 heteroatoms. The summed E-state index contributed by atoms with van der Waals surface area (Å²) in [5.41, 5.74) is -0.0190. The fourth-order valence-corrected chi connectivity index (χ4v) is 4.72. The van der Waals surface area contributed by atoms with Crippen molar-refractivity contribution < 1.29 is 9.47 Å². The van der Waals surface area contributed by atoms with Gasteiger partial charge in [0.05, 0.1) is 5.60 Å². The molecule has 1 aliphatic heterocycles. The quantitative estimate of drug-likeness (QED) is 0.812. The van der Waals surface area contributed by atoms with Gasteiger partial charge in [0, 0.05) is 39.2 Å². The van der Waals surface area contributed by atoms with E-state index < -0.39 is 0 Å². The zero-order valence-electron chi connectivity index (χ0n) is 14.5. The summed E-state index contributed by atoms with van der Waals surface area (Å²) in [6, 6.07) is 0.483. The lowest BCUT2D eigenvalue weighted by Gasteiger charge is -2.48. The second-order valence-corrected chi connectivity index (χ2v) is 7.49. The molecule has 0 aromatic carbocycles. The van der Waals surface area contributed by atoms with Gasteiger partial charge in [0.2, 0.25) is 0 Å². The lowest BCUT2D eigenvalue weighted by atomic mass is 9.68. The van der Waals surface area contributed by atoms with E-state index in [1.165, 1.54) is 25.7 Å². The molecule has 0 radical (unpaired) electrons. The molecule has 3 nitrogen and oxygen atoms in total. The smallest absolute Gasteiger partial charge is 0.0877 e. The van der Waals surface area contributed by atoms with Crippen molar-refractivity contribution in [2.45, 2.75) is 70.9 Å². The van der Waals surface area contributed by atoms with E-state index in [0.717, 1.165) is 50.4 Å². The number of ether oxygens (including phenoxy) is 2. The molecule has 0 spiro atoms. The number of hydrogen-bond donors (Lipinski definition) is 1. The molecule has 21 heavy (non-hydrogen) atoms. The zero-order valence-corrected chi connectivity index (χ0v) is 14.5. The van der Waals surface area contributed by atoms with E-state index in [2.05, 4.69) is 26.1 Å². The van der Waals surface area contributed by atoms with Crippen LogP contribution in [-0.2, 0) is 9.47 Å². The molecule has 2 fully saturated rings. The van der Waals surface area contributed by atoms with Gasteiger partial charge in [-0.15, -0.1) is 0 Å². The third kappa shape index (κ3) is 4.20. The molecule has 0 bridgehead atoms. The van der Waals surface area contributed by atoms with E-state index in [4.69, 9.17) is 9.47 Å². The van der Waals surface area contributed by atoms with Crippen molar-refractivity contribution in [1.29, 1.82) is 0 Å². The van der Waals surface area contributed by atoms with Crippen LogP contribution < -0.4 is 5.32 Å². The van der Waals surface area contributed by atoms with E-state index in [9.17, 15) is 0 Å². The molecule has 2 aliphatic rings. The Labute approximate surface area is 131 Å². The van der Waals surface area contributed by atoms with Crippen LogP contribution in [0.2, 0.25) is 0 Å². The van der Waals surface area contributed by atoms with Gasteiger partial charge in [-0.2, -0.15) is 0 Å². The molecule has 1 aliphatic carbocycles. The first-order valence-corrected chi connectivity index (χ1v) is 8.97. The zero-order chi connectivity index (χ0) is 15.3. The van der Waals surface area contributed by atoms with Crippen molar-refractivity contribution in [3.05, 3.63) is 0 Å². The lowest BCUT2D eigenvalue weighted by molar-refractivity contribution is -0.125. The maximum Gasteiger partial charge on any atom is 0.0877 e. The number of methoxy groups -OCH3 is 1. The van der Waals surface area contributed by atoms with Crippen LogP contribution in [0.1, 0.15) is 59.3 Å². The molecule has 2 rings (SSSR count). The topological polar surface area (TPSA) is 30.5 Å². The van der Waals surface area contributed by atoms with Gasteiger partial charge in [-0.3, -0.25) is 0 Å². The summed E-state index contributed by atoms with van der Waals surface area (Å²) in [5, 5.41) is 3.86. The van der Waals surface area contributed by atoms with Crippen molar-refractivity contribution in [3.63, 3.8) is 0 Å². The largest absolute Gasteiger partial charge is 0.381 e. The lowest BCUT2D eigenvalue weighted by Crippen LogP contribution is -2.59. The Kier molecular flexibility index (Phi) is 6.51. The Hall–Kier alpha value is -0.120. The second kappa shape index (κ2) is 7.94. The summed E-state index contributed by atoms with van der Waals surface area (Å²) < 4.78 is 11.7. The SMILES string of the molecule is CCCNC(C1CC(C)CC(C)C1)C1(OC)CCOCC1. The Morgan fingerprint density at radius 2 is 1.76 bits per heavy atom.